The van der Waals surface area contributed by atoms with Gasteiger partial charge in [-0.1, -0.05) is 44.9 Å². The van der Waals surface area contributed by atoms with Gasteiger partial charge in [0.25, 0.3) is 0 Å². The van der Waals surface area contributed by atoms with Crippen LogP contribution in [0.2, 0.25) is 0 Å². The summed E-state index contributed by atoms with van der Waals surface area (Å²) in [6.45, 7) is 16.1. The van der Waals surface area contributed by atoms with Gasteiger partial charge in [0.2, 0.25) is 11.8 Å². The van der Waals surface area contributed by atoms with Crippen LogP contribution in [-0.4, -0.2) is 141 Å². The van der Waals surface area contributed by atoms with E-state index >= 15 is 4.79 Å². The summed E-state index contributed by atoms with van der Waals surface area (Å²) in [6, 6.07) is 14.5. The molecule has 3 aromatic heterocycles. The average molecular weight is 924 g/mol. The number of anilines is 3. The summed E-state index contributed by atoms with van der Waals surface area (Å²) in [5.74, 6) is 2.83. The van der Waals surface area contributed by atoms with Crippen molar-refractivity contribution in [3.05, 3.63) is 60.0 Å². The van der Waals surface area contributed by atoms with Crippen molar-refractivity contribution >= 4 is 46.2 Å². The van der Waals surface area contributed by atoms with E-state index in [1.807, 2.05) is 27.2 Å². The molecule has 68 heavy (non-hydrogen) atoms. The number of likely N-dealkylation sites (tertiary alicyclic amines) is 2. The molecule has 4 aromatic rings. The standard InChI is InChI=1S/C54H73N11O3/c1-5-9-37(4)40-11-15-48(55-34-40)60-22-16-38(17-23-60)51(66)61-26-28-63(29-27-61)53(68)62-24-18-54(19-25-62)44-14-10-39(30-47(44)65(52(54)67)43-31-42(32-43)59-20-7-6-8-21-59)45-33-46-49(64(35-56-46)36(2)3)50(58-45)57-41-12-13-41/h10-11,14-15,30,33-38,41-43H,5-9,12-13,16-29,31-32H2,1-4H3,(H,57,58). The third-order valence-electron chi connectivity index (χ3n) is 17.1. The topological polar surface area (TPSA) is 126 Å². The van der Waals surface area contributed by atoms with E-state index in [0.29, 0.717) is 70.1 Å². The maximum atomic E-state index is 15.2. The quantitative estimate of drug-likeness (QED) is 0.158. The number of carbonyl (C=O) groups excluding carboxylic acids is 3. The number of nitrogens with one attached hydrogen (secondary N) is 1. The van der Waals surface area contributed by atoms with Crippen LogP contribution in [0, 0.1) is 5.92 Å². The molecule has 7 aliphatic rings. The number of hydrogen-bond donors (Lipinski definition) is 1. The fourth-order valence-electron chi connectivity index (χ4n) is 12.6. The van der Waals surface area contributed by atoms with Crippen LogP contribution in [0.25, 0.3) is 22.3 Å². The summed E-state index contributed by atoms with van der Waals surface area (Å²) in [5.41, 5.74) is 6.58. The molecule has 14 heteroatoms. The molecule has 1 unspecified atom stereocenters. The lowest BCUT2D eigenvalue weighted by atomic mass is 9.73. The molecule has 0 radical (unpaired) electrons. The molecule has 1 N–H and O–H groups in total. The lowest BCUT2D eigenvalue weighted by Crippen LogP contribution is -2.59. The lowest BCUT2D eigenvalue weighted by Gasteiger charge is -2.48. The average Bonchev–Trinajstić information content (AvgIpc) is 4.02. The van der Waals surface area contributed by atoms with Gasteiger partial charge < -0.3 is 39.3 Å². The van der Waals surface area contributed by atoms with Crippen molar-refractivity contribution in [2.45, 2.75) is 147 Å². The Morgan fingerprint density at radius 2 is 1.51 bits per heavy atom. The zero-order valence-electron chi connectivity index (χ0n) is 41.0. The highest BCUT2D eigenvalue weighted by atomic mass is 16.2. The van der Waals surface area contributed by atoms with E-state index in [1.54, 1.807) is 0 Å². The number of aromatic nitrogens is 4. The van der Waals surface area contributed by atoms with Crippen LogP contribution >= 0.6 is 0 Å². The van der Waals surface area contributed by atoms with Crippen LogP contribution in [0.4, 0.5) is 22.1 Å². The number of piperazine rings is 1. The molecule has 362 valence electrons. The molecule has 5 aliphatic heterocycles. The molecule has 8 heterocycles. The van der Waals surface area contributed by atoms with E-state index in [1.165, 1.54) is 31.2 Å². The summed E-state index contributed by atoms with van der Waals surface area (Å²) < 4.78 is 2.20. The van der Waals surface area contributed by atoms with Crippen LogP contribution in [0.15, 0.2) is 48.9 Å². The number of amides is 4. The van der Waals surface area contributed by atoms with Crippen molar-refractivity contribution in [1.29, 1.82) is 0 Å². The number of benzene rings is 1. The first-order valence-electron chi connectivity index (χ1n) is 26.5. The summed E-state index contributed by atoms with van der Waals surface area (Å²) in [7, 11) is 0. The molecule has 2 aliphatic carbocycles. The van der Waals surface area contributed by atoms with Crippen molar-refractivity contribution in [3.8, 4) is 11.3 Å². The van der Waals surface area contributed by atoms with Gasteiger partial charge in [0, 0.05) is 99.9 Å². The normalized spacial score (nSPS) is 24.0. The van der Waals surface area contributed by atoms with Gasteiger partial charge in [0.1, 0.15) is 11.3 Å². The van der Waals surface area contributed by atoms with E-state index in [-0.39, 0.29) is 35.8 Å². The minimum atomic E-state index is -0.666. The Hall–Kier alpha value is -5.24. The molecule has 1 spiro atoms. The molecule has 4 amide bonds. The minimum Gasteiger partial charge on any atom is -0.366 e. The van der Waals surface area contributed by atoms with Gasteiger partial charge in [0.15, 0.2) is 5.82 Å². The number of urea groups is 1. The summed E-state index contributed by atoms with van der Waals surface area (Å²) in [6.07, 6.45) is 17.3. The Labute approximate surface area is 402 Å². The monoisotopic (exact) mass is 924 g/mol. The molecular weight excluding hydrogens is 851 g/mol. The number of pyridine rings is 2. The molecule has 11 rings (SSSR count). The second kappa shape index (κ2) is 18.6. The molecule has 1 aromatic carbocycles. The second-order valence-electron chi connectivity index (χ2n) is 21.7. The fraction of sp³-hybridized carbons (Fsp3) is 0.630. The van der Waals surface area contributed by atoms with Crippen LogP contribution < -0.4 is 15.1 Å². The van der Waals surface area contributed by atoms with E-state index < -0.39 is 5.41 Å². The first-order chi connectivity index (χ1) is 33.1. The summed E-state index contributed by atoms with van der Waals surface area (Å²) in [5, 5.41) is 3.71. The molecule has 4 saturated heterocycles. The van der Waals surface area contributed by atoms with Gasteiger partial charge in [0.05, 0.1) is 23.0 Å². The number of hydrogen-bond acceptors (Lipinski definition) is 9. The van der Waals surface area contributed by atoms with Crippen LogP contribution in [-0.2, 0) is 15.0 Å². The van der Waals surface area contributed by atoms with Crippen molar-refractivity contribution in [2.24, 2.45) is 5.92 Å². The number of nitrogens with zero attached hydrogens (tertiary/aromatic N) is 10. The van der Waals surface area contributed by atoms with Crippen LogP contribution in [0.3, 0.4) is 0 Å². The first kappa shape index (κ1) is 45.2. The summed E-state index contributed by atoms with van der Waals surface area (Å²) >= 11 is 0. The van der Waals surface area contributed by atoms with Crippen LogP contribution in [0.5, 0.6) is 0 Å². The Balaban J connectivity index is 0.752. The molecule has 2 saturated carbocycles. The Kier molecular flexibility index (Phi) is 12.4. The van der Waals surface area contributed by atoms with E-state index in [9.17, 15) is 9.59 Å². The van der Waals surface area contributed by atoms with Crippen LogP contribution in [0.1, 0.15) is 134 Å². The van der Waals surface area contributed by atoms with Crippen molar-refractivity contribution in [3.63, 3.8) is 0 Å². The Morgan fingerprint density at radius 3 is 2.19 bits per heavy atom. The number of fused-ring (bicyclic) bond motifs is 3. The SMILES string of the molecule is CCCC(C)c1ccc(N2CCC(C(=O)N3CCN(C(=O)N4CCC5(CC4)C(=O)N(C4CC(N6CCCCC6)C4)c4cc(-c6cc7ncn(C(C)C)c7c(NC7CC7)n6)ccc45)CC3)CC2)nc1. The number of piperidine rings is 3. The van der Waals surface area contributed by atoms with Gasteiger partial charge >= 0.3 is 6.03 Å². The zero-order valence-corrected chi connectivity index (χ0v) is 41.0. The predicted octanol–water partition coefficient (Wildman–Crippen LogP) is 8.43. The van der Waals surface area contributed by atoms with Gasteiger partial charge in [-0.3, -0.25) is 9.59 Å². The number of imidazole rings is 1. The zero-order chi connectivity index (χ0) is 46.7. The van der Waals surface area contributed by atoms with E-state index in [2.05, 4.69) is 88.7 Å². The van der Waals surface area contributed by atoms with Crippen molar-refractivity contribution < 1.29 is 14.4 Å². The van der Waals surface area contributed by atoms with Crippen molar-refractivity contribution in [1.82, 2.24) is 39.1 Å². The van der Waals surface area contributed by atoms with Gasteiger partial charge in [-0.2, -0.15) is 0 Å². The predicted molar refractivity (Wildman–Crippen MR) is 268 cm³/mol. The van der Waals surface area contributed by atoms with Gasteiger partial charge in [-0.25, -0.2) is 19.7 Å². The molecule has 14 nitrogen and oxygen atoms in total. The second-order valence-corrected chi connectivity index (χ2v) is 21.7. The third kappa shape index (κ3) is 8.40. The molecule has 0 bridgehead atoms. The highest BCUT2D eigenvalue weighted by molar-refractivity contribution is 6.09. The van der Waals surface area contributed by atoms with E-state index in [4.69, 9.17) is 15.0 Å². The molecule has 6 fully saturated rings. The maximum Gasteiger partial charge on any atom is 0.320 e. The Morgan fingerprint density at radius 1 is 0.794 bits per heavy atom. The maximum absolute atomic E-state index is 15.2. The lowest BCUT2D eigenvalue weighted by molar-refractivity contribution is -0.137. The highest BCUT2D eigenvalue weighted by Gasteiger charge is 2.56. The molecular formula is C54H73N11O3. The van der Waals surface area contributed by atoms with Crippen molar-refractivity contribution in [2.75, 3.05) is 80.6 Å². The smallest absolute Gasteiger partial charge is 0.320 e. The number of rotatable bonds is 11. The Bertz CT molecular complexity index is 2480. The number of carbonyl (C=O) groups is 3. The summed E-state index contributed by atoms with van der Waals surface area (Å²) in [4.78, 5) is 71.1. The first-order valence-corrected chi connectivity index (χ1v) is 26.5. The molecule has 1 atom stereocenters. The fourth-order valence-corrected chi connectivity index (χ4v) is 12.6. The minimum absolute atomic E-state index is 0.00463. The van der Waals surface area contributed by atoms with Gasteiger partial charge in [-0.05, 0) is 133 Å². The van der Waals surface area contributed by atoms with E-state index in [0.717, 1.165) is 116 Å². The highest BCUT2D eigenvalue weighted by Crippen LogP contribution is 2.52. The third-order valence-corrected chi connectivity index (χ3v) is 17.1. The largest absolute Gasteiger partial charge is 0.366 e. The van der Waals surface area contributed by atoms with Gasteiger partial charge in [-0.15, -0.1) is 0 Å².